The quantitative estimate of drug-likeness (QED) is 0.366. The van der Waals surface area contributed by atoms with Gasteiger partial charge in [0.05, 0.1) is 0 Å². The van der Waals surface area contributed by atoms with E-state index < -0.39 is 0 Å². The van der Waals surface area contributed by atoms with Crippen molar-refractivity contribution in [1.29, 1.82) is 0 Å². The third kappa shape index (κ3) is 27.3. The molecule has 2 N–H and O–H groups in total. The summed E-state index contributed by atoms with van der Waals surface area (Å²) in [5.41, 5.74) is 0. The van der Waals surface area contributed by atoms with Crippen LogP contribution in [0.25, 0.3) is 0 Å². The molecule has 115 valence electrons. The van der Waals surface area contributed by atoms with Gasteiger partial charge in [0.1, 0.15) is 0 Å². The summed E-state index contributed by atoms with van der Waals surface area (Å²) < 4.78 is 0. The van der Waals surface area contributed by atoms with Crippen LogP contribution in [0.1, 0.15) is 104 Å². The highest BCUT2D eigenvalue weighted by Gasteiger charge is 1.92. The fourth-order valence-electron chi connectivity index (χ4n) is 2.27. The largest absolute Gasteiger partial charge is 0.482 e. The monoisotopic (exact) mass is 271 g/mol. The Balaban J connectivity index is 0. The zero-order valence-corrected chi connectivity index (χ0v) is 13.4. The molecule has 0 bridgehead atoms. The van der Waals surface area contributed by atoms with Gasteiger partial charge in [-0.05, 0) is 0 Å². The van der Waals surface area contributed by atoms with E-state index in [-0.39, 0.29) is 7.69 Å². The lowest BCUT2D eigenvalue weighted by atomic mass is 10.0. The van der Waals surface area contributed by atoms with Crippen molar-refractivity contribution < 1.29 is 10.0 Å². The average molecular weight is 271 g/mol. The molecule has 0 aromatic carbocycles. The minimum atomic E-state index is 0. The van der Waals surface area contributed by atoms with Crippen molar-refractivity contribution in [1.82, 2.24) is 0 Å². The second kappa shape index (κ2) is 23.1. The predicted octanol–water partition coefficient (Wildman–Crippen LogP) is 4.99. The van der Waals surface area contributed by atoms with E-state index in [0.29, 0.717) is 0 Å². The molecule has 0 saturated carbocycles. The minimum Gasteiger partial charge on any atom is -0.429 e. The van der Waals surface area contributed by atoms with Gasteiger partial charge in [-0.3, -0.25) is 0 Å². The molecule has 3 heteroatoms. The highest BCUT2D eigenvalue weighted by Crippen LogP contribution is 2.12. The van der Waals surface area contributed by atoms with Gasteiger partial charge in [0.25, 0.3) is 0 Å². The van der Waals surface area contributed by atoms with Crippen LogP contribution < -0.4 is 0 Å². The first-order valence-electron chi connectivity index (χ1n) is 8.43. The molecule has 0 aliphatic carbocycles. The highest BCUT2D eigenvalue weighted by atomic mass is 16.4. The number of hydrogen-bond acceptors (Lipinski definition) is 2. The van der Waals surface area contributed by atoms with E-state index in [2.05, 4.69) is 13.8 Å². The van der Waals surface area contributed by atoms with Crippen molar-refractivity contribution in [3.63, 3.8) is 0 Å². The van der Waals surface area contributed by atoms with Crippen molar-refractivity contribution in [2.75, 3.05) is 0 Å². The van der Waals surface area contributed by atoms with Crippen LogP contribution in [0.2, 0.25) is 0 Å². The Morgan fingerprint density at radius 2 is 0.632 bits per heavy atom. The van der Waals surface area contributed by atoms with Crippen molar-refractivity contribution >= 4 is 7.69 Å². The van der Waals surface area contributed by atoms with Crippen LogP contribution in [-0.4, -0.2) is 17.7 Å². The molecular weight excluding hydrogens is 235 g/mol. The number of unbranched alkanes of at least 4 members (excludes halogenated alkanes) is 13. The fourth-order valence-corrected chi connectivity index (χ4v) is 2.27. The van der Waals surface area contributed by atoms with Crippen LogP contribution in [-0.2, 0) is 0 Å². The van der Waals surface area contributed by atoms with Crippen LogP contribution in [0.5, 0.6) is 0 Å². The molecule has 2 nitrogen and oxygen atoms in total. The lowest BCUT2D eigenvalue weighted by Crippen LogP contribution is -1.82. The molecule has 0 rings (SSSR count). The van der Waals surface area contributed by atoms with Gasteiger partial charge in [-0.25, -0.2) is 0 Å². The van der Waals surface area contributed by atoms with Gasteiger partial charge >= 0.3 is 7.69 Å². The van der Waals surface area contributed by atoms with Crippen molar-refractivity contribution in [2.45, 2.75) is 104 Å². The maximum atomic E-state index is 7.00. The Labute approximate surface area is 122 Å². The van der Waals surface area contributed by atoms with E-state index in [9.17, 15) is 0 Å². The fraction of sp³-hybridized carbons (Fsp3) is 1.00. The standard InChI is InChI=1S/C16H34.BH2O2/c1-3-5-7-9-11-13-15-16-14-12-10-8-6-4-2;2-1-3/h3-16H2,1-2H3;2-3H. The van der Waals surface area contributed by atoms with Gasteiger partial charge < -0.3 is 10.0 Å². The van der Waals surface area contributed by atoms with Gasteiger partial charge in [-0.1, -0.05) is 104 Å². The molecule has 0 aromatic rings. The van der Waals surface area contributed by atoms with Crippen molar-refractivity contribution in [3.05, 3.63) is 0 Å². The Morgan fingerprint density at radius 1 is 0.474 bits per heavy atom. The summed E-state index contributed by atoms with van der Waals surface area (Å²) in [4.78, 5) is 0. The minimum absolute atomic E-state index is 0. The zero-order chi connectivity index (χ0) is 14.6. The summed E-state index contributed by atoms with van der Waals surface area (Å²) in [6.07, 6.45) is 20.4. The van der Waals surface area contributed by atoms with Crippen molar-refractivity contribution in [2.24, 2.45) is 0 Å². The van der Waals surface area contributed by atoms with E-state index in [0.717, 1.165) is 0 Å². The molecule has 0 unspecified atom stereocenters. The first-order chi connectivity index (χ1) is 9.33. The number of hydrogen-bond donors (Lipinski definition) is 2. The van der Waals surface area contributed by atoms with Gasteiger partial charge in [-0.15, -0.1) is 0 Å². The predicted molar refractivity (Wildman–Crippen MR) is 86.2 cm³/mol. The van der Waals surface area contributed by atoms with Crippen LogP contribution in [0, 0.1) is 0 Å². The molecule has 1 radical (unpaired) electrons. The topological polar surface area (TPSA) is 40.5 Å². The molecule has 0 spiro atoms. The lowest BCUT2D eigenvalue weighted by Gasteiger charge is -2.02. The SMILES string of the molecule is CCCCCCCCCCCCCCCC.O[B]O. The molecule has 0 aromatic heterocycles. The molecule has 0 saturated heterocycles. The summed E-state index contributed by atoms with van der Waals surface area (Å²) in [7, 11) is 0. The molecule has 0 amide bonds. The van der Waals surface area contributed by atoms with Crippen molar-refractivity contribution in [3.8, 4) is 0 Å². The second-order valence-electron chi connectivity index (χ2n) is 5.36. The maximum Gasteiger partial charge on any atom is 0.482 e. The first-order valence-corrected chi connectivity index (χ1v) is 8.43. The molecule has 0 heterocycles. The Kier molecular flexibility index (Phi) is 25.9. The average Bonchev–Trinajstić information content (AvgIpc) is 2.41. The van der Waals surface area contributed by atoms with Gasteiger partial charge in [0, 0.05) is 0 Å². The maximum absolute atomic E-state index is 7.00. The smallest absolute Gasteiger partial charge is 0.429 e. The second-order valence-corrected chi connectivity index (χ2v) is 5.36. The molecule has 0 aliphatic heterocycles. The van der Waals surface area contributed by atoms with Gasteiger partial charge in [-0.2, -0.15) is 0 Å². The Morgan fingerprint density at radius 3 is 0.789 bits per heavy atom. The third-order valence-corrected chi connectivity index (χ3v) is 3.46. The van der Waals surface area contributed by atoms with E-state index in [1.807, 2.05) is 0 Å². The molecule has 19 heavy (non-hydrogen) atoms. The number of rotatable bonds is 13. The molecular formula is C16H36BO2. The Hall–Kier alpha value is -0.0151. The van der Waals surface area contributed by atoms with Gasteiger partial charge in [0.15, 0.2) is 0 Å². The molecule has 0 aliphatic rings. The van der Waals surface area contributed by atoms with Crippen LogP contribution in [0.3, 0.4) is 0 Å². The highest BCUT2D eigenvalue weighted by molar-refractivity contribution is 6.13. The summed E-state index contributed by atoms with van der Waals surface area (Å²) in [5, 5.41) is 14.0. The molecule has 0 fully saturated rings. The Bertz CT molecular complexity index is 118. The summed E-state index contributed by atoms with van der Waals surface area (Å²) in [6.45, 7) is 4.58. The van der Waals surface area contributed by atoms with E-state index in [1.54, 1.807) is 0 Å². The molecule has 0 atom stereocenters. The summed E-state index contributed by atoms with van der Waals surface area (Å²) >= 11 is 0. The third-order valence-electron chi connectivity index (χ3n) is 3.46. The zero-order valence-electron chi connectivity index (χ0n) is 13.4. The van der Waals surface area contributed by atoms with E-state index in [1.165, 1.54) is 89.9 Å². The van der Waals surface area contributed by atoms with E-state index >= 15 is 0 Å². The van der Waals surface area contributed by atoms with Gasteiger partial charge in [0.2, 0.25) is 0 Å². The van der Waals surface area contributed by atoms with Crippen LogP contribution in [0.4, 0.5) is 0 Å². The van der Waals surface area contributed by atoms with E-state index in [4.69, 9.17) is 10.0 Å². The van der Waals surface area contributed by atoms with Crippen LogP contribution in [0.15, 0.2) is 0 Å². The van der Waals surface area contributed by atoms with Crippen LogP contribution >= 0.6 is 0 Å². The summed E-state index contributed by atoms with van der Waals surface area (Å²) in [6, 6.07) is 0. The lowest BCUT2D eigenvalue weighted by molar-refractivity contribution is 0.448. The normalized spacial score (nSPS) is 9.89. The first kappa shape index (κ1) is 21.3. The summed E-state index contributed by atoms with van der Waals surface area (Å²) in [5.74, 6) is 0.